The zero-order valence-corrected chi connectivity index (χ0v) is 13.2. The van der Waals surface area contributed by atoms with E-state index in [1.807, 2.05) is 13.8 Å². The van der Waals surface area contributed by atoms with Crippen LogP contribution in [0.5, 0.6) is 0 Å². The standard InChI is InChI=1S/C13H17N3O5S/c1-9(2)12-14-15-13(21-12)10-7-11(20-8-10)22(17,18)16-3-5-19-6-4-16/h7-9H,3-6H2,1-2H3. The maximum atomic E-state index is 12.5. The van der Waals surface area contributed by atoms with Crippen molar-refractivity contribution >= 4 is 10.0 Å². The van der Waals surface area contributed by atoms with Crippen molar-refractivity contribution in [3.63, 3.8) is 0 Å². The highest BCUT2D eigenvalue weighted by Crippen LogP contribution is 2.27. The van der Waals surface area contributed by atoms with Crippen LogP contribution in [0, 0.1) is 0 Å². The van der Waals surface area contributed by atoms with Gasteiger partial charge in [-0.3, -0.25) is 0 Å². The first-order chi connectivity index (χ1) is 10.5. The highest BCUT2D eigenvalue weighted by atomic mass is 32.2. The van der Waals surface area contributed by atoms with E-state index in [9.17, 15) is 8.42 Å². The second-order valence-corrected chi connectivity index (χ2v) is 7.14. The number of furan rings is 1. The fourth-order valence-electron chi connectivity index (χ4n) is 2.06. The fourth-order valence-corrected chi connectivity index (χ4v) is 3.39. The molecule has 3 heterocycles. The van der Waals surface area contributed by atoms with Gasteiger partial charge in [-0.1, -0.05) is 13.8 Å². The lowest BCUT2D eigenvalue weighted by molar-refractivity contribution is 0.0724. The lowest BCUT2D eigenvalue weighted by Crippen LogP contribution is -2.40. The van der Waals surface area contributed by atoms with Crippen molar-refractivity contribution in [2.24, 2.45) is 0 Å². The van der Waals surface area contributed by atoms with Crippen molar-refractivity contribution in [3.05, 3.63) is 18.2 Å². The van der Waals surface area contributed by atoms with Gasteiger partial charge in [0.1, 0.15) is 6.26 Å². The van der Waals surface area contributed by atoms with Gasteiger partial charge >= 0.3 is 0 Å². The van der Waals surface area contributed by atoms with E-state index in [4.69, 9.17) is 13.6 Å². The van der Waals surface area contributed by atoms with Crippen molar-refractivity contribution in [2.45, 2.75) is 24.9 Å². The van der Waals surface area contributed by atoms with Gasteiger partial charge in [0.25, 0.3) is 15.9 Å². The Morgan fingerprint density at radius 3 is 2.59 bits per heavy atom. The Morgan fingerprint density at radius 2 is 1.95 bits per heavy atom. The first-order valence-corrected chi connectivity index (χ1v) is 8.42. The Morgan fingerprint density at radius 1 is 1.23 bits per heavy atom. The molecule has 9 heteroatoms. The number of nitrogens with zero attached hydrogens (tertiary/aromatic N) is 3. The summed E-state index contributed by atoms with van der Waals surface area (Å²) in [5.74, 6) is 0.842. The van der Waals surface area contributed by atoms with Gasteiger partial charge in [0.05, 0.1) is 18.8 Å². The lowest BCUT2D eigenvalue weighted by Gasteiger charge is -2.24. The molecule has 1 aliphatic heterocycles. The summed E-state index contributed by atoms with van der Waals surface area (Å²) in [5, 5.41) is 7.70. The van der Waals surface area contributed by atoms with E-state index in [0.717, 1.165) is 0 Å². The average molecular weight is 327 g/mol. The SMILES string of the molecule is CC(C)c1nnc(-c2coc(S(=O)(=O)N3CCOCC3)c2)o1. The Kier molecular flexibility index (Phi) is 4.02. The minimum atomic E-state index is -3.66. The number of hydrogen-bond donors (Lipinski definition) is 0. The van der Waals surface area contributed by atoms with Crippen LogP contribution in [0.1, 0.15) is 25.7 Å². The molecule has 120 valence electrons. The Labute approximate surface area is 128 Å². The zero-order chi connectivity index (χ0) is 15.7. The van der Waals surface area contributed by atoms with Crippen LogP contribution >= 0.6 is 0 Å². The molecule has 0 aromatic carbocycles. The van der Waals surface area contributed by atoms with E-state index in [1.54, 1.807) is 0 Å². The molecule has 1 fully saturated rings. The molecule has 0 bridgehead atoms. The number of hydrogen-bond acceptors (Lipinski definition) is 7. The minimum Gasteiger partial charge on any atom is -0.451 e. The maximum Gasteiger partial charge on any atom is 0.276 e. The Bertz CT molecular complexity index is 743. The minimum absolute atomic E-state index is 0.102. The van der Waals surface area contributed by atoms with E-state index in [2.05, 4.69) is 10.2 Å². The first kappa shape index (κ1) is 15.2. The third kappa shape index (κ3) is 2.79. The van der Waals surface area contributed by atoms with Crippen LogP contribution in [0.2, 0.25) is 0 Å². The quantitative estimate of drug-likeness (QED) is 0.838. The van der Waals surface area contributed by atoms with Gasteiger partial charge in [-0.15, -0.1) is 10.2 Å². The lowest BCUT2D eigenvalue weighted by atomic mass is 10.2. The Hall–Kier alpha value is -1.71. The van der Waals surface area contributed by atoms with E-state index < -0.39 is 10.0 Å². The predicted octanol–water partition coefficient (Wildman–Crippen LogP) is 1.47. The summed E-state index contributed by atoms with van der Waals surface area (Å²) in [5.41, 5.74) is 0.450. The number of rotatable bonds is 4. The van der Waals surface area contributed by atoms with Crippen molar-refractivity contribution in [1.29, 1.82) is 0 Å². The molecule has 2 aromatic rings. The highest BCUT2D eigenvalue weighted by molar-refractivity contribution is 7.89. The smallest absolute Gasteiger partial charge is 0.276 e. The average Bonchev–Trinajstić information content (AvgIpc) is 3.17. The third-order valence-electron chi connectivity index (χ3n) is 3.32. The van der Waals surface area contributed by atoms with Crippen molar-refractivity contribution in [2.75, 3.05) is 26.3 Å². The number of ether oxygens (including phenoxy) is 1. The molecule has 2 aromatic heterocycles. The largest absolute Gasteiger partial charge is 0.451 e. The van der Waals surface area contributed by atoms with Crippen LogP contribution in [0.25, 0.3) is 11.5 Å². The van der Waals surface area contributed by atoms with Gasteiger partial charge in [0.15, 0.2) is 0 Å². The zero-order valence-electron chi connectivity index (χ0n) is 12.4. The number of aromatic nitrogens is 2. The van der Waals surface area contributed by atoms with Gasteiger partial charge in [-0.2, -0.15) is 4.31 Å². The predicted molar refractivity (Wildman–Crippen MR) is 75.7 cm³/mol. The van der Waals surface area contributed by atoms with Crippen molar-refractivity contribution < 1.29 is 22.0 Å². The molecule has 0 aliphatic carbocycles. The van der Waals surface area contributed by atoms with Gasteiger partial charge in [0.2, 0.25) is 11.0 Å². The fraction of sp³-hybridized carbons (Fsp3) is 0.538. The molecule has 8 nitrogen and oxygen atoms in total. The summed E-state index contributed by atoms with van der Waals surface area (Å²) in [6, 6.07) is 1.41. The van der Waals surface area contributed by atoms with Crippen LogP contribution in [0.15, 0.2) is 26.3 Å². The molecule has 0 unspecified atom stereocenters. The normalized spacial score (nSPS) is 17.2. The summed E-state index contributed by atoms with van der Waals surface area (Å²) in [6.45, 7) is 5.26. The van der Waals surface area contributed by atoms with Gasteiger partial charge in [-0.05, 0) is 0 Å². The molecule has 1 saturated heterocycles. The maximum absolute atomic E-state index is 12.5. The molecular weight excluding hydrogens is 310 g/mol. The topological polar surface area (TPSA) is 98.7 Å². The molecule has 0 atom stereocenters. The summed E-state index contributed by atoms with van der Waals surface area (Å²) >= 11 is 0. The molecule has 0 spiro atoms. The number of morpholine rings is 1. The van der Waals surface area contributed by atoms with Crippen molar-refractivity contribution in [3.8, 4) is 11.5 Å². The van der Waals surface area contributed by atoms with E-state index >= 15 is 0 Å². The summed E-state index contributed by atoms with van der Waals surface area (Å²) in [4.78, 5) is 0. The molecule has 3 rings (SSSR count). The monoisotopic (exact) mass is 327 g/mol. The van der Waals surface area contributed by atoms with Gasteiger partial charge < -0.3 is 13.6 Å². The van der Waals surface area contributed by atoms with E-state index in [1.165, 1.54) is 16.6 Å². The molecular formula is C13H17N3O5S. The van der Waals surface area contributed by atoms with Crippen LogP contribution in [0.4, 0.5) is 0 Å². The molecule has 0 saturated carbocycles. The Balaban J connectivity index is 1.86. The second kappa shape index (κ2) is 5.82. The second-order valence-electron chi connectivity index (χ2n) is 5.27. The van der Waals surface area contributed by atoms with Crippen LogP contribution in [0.3, 0.4) is 0 Å². The van der Waals surface area contributed by atoms with E-state index in [-0.39, 0.29) is 16.9 Å². The first-order valence-electron chi connectivity index (χ1n) is 6.98. The van der Waals surface area contributed by atoms with Crippen LogP contribution < -0.4 is 0 Å². The number of sulfonamides is 1. The molecule has 1 aliphatic rings. The third-order valence-corrected chi connectivity index (χ3v) is 5.09. The van der Waals surface area contributed by atoms with Gasteiger partial charge in [0, 0.05) is 25.1 Å². The molecule has 0 amide bonds. The van der Waals surface area contributed by atoms with Crippen molar-refractivity contribution in [1.82, 2.24) is 14.5 Å². The molecule has 0 N–H and O–H groups in total. The molecule has 22 heavy (non-hydrogen) atoms. The highest BCUT2D eigenvalue weighted by Gasteiger charge is 2.30. The van der Waals surface area contributed by atoms with Crippen LogP contribution in [-0.4, -0.2) is 49.2 Å². The summed E-state index contributed by atoms with van der Waals surface area (Å²) in [6.07, 6.45) is 1.31. The van der Waals surface area contributed by atoms with E-state index in [0.29, 0.717) is 37.8 Å². The summed E-state index contributed by atoms with van der Waals surface area (Å²) in [7, 11) is -3.66. The molecule has 0 radical (unpaired) electrons. The van der Waals surface area contributed by atoms with Gasteiger partial charge in [-0.25, -0.2) is 8.42 Å². The summed E-state index contributed by atoms with van der Waals surface area (Å²) < 4.78 is 42.1. The van der Waals surface area contributed by atoms with Crippen LogP contribution in [-0.2, 0) is 14.8 Å².